The van der Waals surface area contributed by atoms with Gasteiger partial charge in [-0.3, -0.25) is 9.69 Å². The molecular weight excluding hydrogens is 245 g/mol. The first-order valence-corrected chi connectivity index (χ1v) is 6.35. The van der Waals surface area contributed by atoms with Gasteiger partial charge in [0.1, 0.15) is 6.54 Å². The summed E-state index contributed by atoms with van der Waals surface area (Å²) in [5.41, 5.74) is 0. The summed E-state index contributed by atoms with van der Waals surface area (Å²) in [5.74, 6) is -0.00697. The minimum atomic E-state index is -4.34. The van der Waals surface area contributed by atoms with Gasteiger partial charge in [-0.2, -0.15) is 13.2 Å². The number of hydrogen-bond donors (Lipinski definition) is 1. The Morgan fingerprint density at radius 3 is 2.44 bits per heavy atom. The van der Waals surface area contributed by atoms with Gasteiger partial charge in [0.25, 0.3) is 0 Å². The Morgan fingerprint density at radius 2 is 2.00 bits per heavy atom. The van der Waals surface area contributed by atoms with Crippen LogP contribution in [0.5, 0.6) is 0 Å². The zero-order chi connectivity index (χ0) is 13.8. The normalized spacial score (nSPS) is 16.4. The summed E-state index contributed by atoms with van der Waals surface area (Å²) < 4.78 is 35.8. The van der Waals surface area contributed by atoms with Crippen LogP contribution in [-0.2, 0) is 4.79 Å². The molecule has 0 saturated heterocycles. The standard InChI is InChI=1S/C12H21F3N2O/c1-9(2)5-6-17(10-3-4-10)7-11(18)16-8-12(13,14)15/h9-10H,3-8H2,1-2H3,(H,16,18). The fraction of sp³-hybridized carbons (Fsp3) is 0.917. The maximum absolute atomic E-state index is 11.9. The minimum Gasteiger partial charge on any atom is -0.346 e. The molecule has 18 heavy (non-hydrogen) atoms. The van der Waals surface area contributed by atoms with Gasteiger partial charge in [0, 0.05) is 6.04 Å². The number of halogens is 3. The molecule has 106 valence electrons. The van der Waals surface area contributed by atoms with E-state index in [4.69, 9.17) is 0 Å². The van der Waals surface area contributed by atoms with E-state index in [0.29, 0.717) is 12.0 Å². The summed E-state index contributed by atoms with van der Waals surface area (Å²) >= 11 is 0. The summed E-state index contributed by atoms with van der Waals surface area (Å²) in [4.78, 5) is 13.4. The highest BCUT2D eigenvalue weighted by atomic mass is 19.4. The molecule has 0 atom stereocenters. The molecule has 0 aromatic rings. The molecule has 1 aliphatic rings. The lowest BCUT2D eigenvalue weighted by Crippen LogP contribution is -2.42. The van der Waals surface area contributed by atoms with Crippen molar-refractivity contribution in [3.63, 3.8) is 0 Å². The topological polar surface area (TPSA) is 32.3 Å². The number of nitrogens with one attached hydrogen (secondary N) is 1. The quantitative estimate of drug-likeness (QED) is 0.766. The molecule has 0 spiro atoms. The van der Waals surface area contributed by atoms with Gasteiger partial charge in [0.2, 0.25) is 5.91 Å². The number of rotatable bonds is 7. The molecule has 0 aliphatic heterocycles. The lowest BCUT2D eigenvalue weighted by atomic mass is 10.1. The van der Waals surface area contributed by atoms with Crippen LogP contribution in [0.25, 0.3) is 0 Å². The van der Waals surface area contributed by atoms with Crippen LogP contribution in [0.3, 0.4) is 0 Å². The highest BCUT2D eigenvalue weighted by molar-refractivity contribution is 5.78. The zero-order valence-corrected chi connectivity index (χ0v) is 10.9. The summed E-state index contributed by atoms with van der Waals surface area (Å²) in [6.45, 7) is 3.80. The van der Waals surface area contributed by atoms with Crippen molar-refractivity contribution >= 4 is 5.91 Å². The molecule has 3 nitrogen and oxygen atoms in total. The summed E-state index contributed by atoms with van der Waals surface area (Å²) in [7, 11) is 0. The Labute approximate surface area is 106 Å². The first kappa shape index (κ1) is 15.3. The molecule has 0 unspecified atom stereocenters. The fourth-order valence-electron chi connectivity index (χ4n) is 1.69. The van der Waals surface area contributed by atoms with E-state index < -0.39 is 18.6 Å². The molecule has 1 rings (SSSR count). The molecule has 0 bridgehead atoms. The van der Waals surface area contributed by atoms with E-state index in [0.717, 1.165) is 25.8 Å². The molecule has 1 aliphatic carbocycles. The van der Waals surface area contributed by atoms with Gasteiger partial charge >= 0.3 is 6.18 Å². The average Bonchev–Trinajstić information content (AvgIpc) is 3.03. The van der Waals surface area contributed by atoms with Crippen LogP contribution in [0.1, 0.15) is 33.1 Å². The monoisotopic (exact) mass is 266 g/mol. The van der Waals surface area contributed by atoms with E-state index in [1.165, 1.54) is 0 Å². The summed E-state index contributed by atoms with van der Waals surface area (Å²) in [5, 5.41) is 1.92. The molecule has 0 aromatic carbocycles. The molecule has 0 heterocycles. The molecule has 1 fully saturated rings. The van der Waals surface area contributed by atoms with Crippen molar-refractivity contribution in [2.75, 3.05) is 19.6 Å². The number of hydrogen-bond acceptors (Lipinski definition) is 2. The Balaban J connectivity index is 2.29. The van der Waals surface area contributed by atoms with Gasteiger partial charge in [-0.15, -0.1) is 0 Å². The molecule has 1 saturated carbocycles. The van der Waals surface area contributed by atoms with E-state index in [2.05, 4.69) is 13.8 Å². The van der Waals surface area contributed by atoms with Gasteiger partial charge < -0.3 is 5.32 Å². The van der Waals surface area contributed by atoms with Gasteiger partial charge in [0.05, 0.1) is 6.54 Å². The van der Waals surface area contributed by atoms with Gasteiger partial charge in [0.15, 0.2) is 0 Å². The van der Waals surface area contributed by atoms with Crippen LogP contribution in [-0.4, -0.2) is 42.7 Å². The second-order valence-electron chi connectivity index (χ2n) is 5.28. The smallest absolute Gasteiger partial charge is 0.346 e. The summed E-state index contributed by atoms with van der Waals surface area (Å²) in [6.07, 6.45) is -1.28. The predicted molar refractivity (Wildman–Crippen MR) is 63.1 cm³/mol. The van der Waals surface area contributed by atoms with Crippen LogP contribution in [0.15, 0.2) is 0 Å². The number of nitrogens with zero attached hydrogens (tertiary/aromatic N) is 1. The Morgan fingerprint density at radius 1 is 1.39 bits per heavy atom. The van der Waals surface area contributed by atoms with Crippen molar-refractivity contribution in [2.24, 2.45) is 5.92 Å². The summed E-state index contributed by atoms with van der Waals surface area (Å²) in [6, 6.07) is 0.389. The maximum atomic E-state index is 11.9. The van der Waals surface area contributed by atoms with E-state index in [9.17, 15) is 18.0 Å². The molecule has 6 heteroatoms. The number of carbonyl (C=O) groups excluding carboxylic acids is 1. The Hall–Kier alpha value is -0.780. The van der Waals surface area contributed by atoms with Crippen molar-refractivity contribution in [1.29, 1.82) is 0 Å². The van der Waals surface area contributed by atoms with Crippen molar-refractivity contribution in [3.8, 4) is 0 Å². The third-order valence-electron chi connectivity index (χ3n) is 2.89. The number of carbonyl (C=O) groups is 1. The van der Waals surface area contributed by atoms with Crippen molar-refractivity contribution in [1.82, 2.24) is 10.2 Å². The van der Waals surface area contributed by atoms with Crippen LogP contribution >= 0.6 is 0 Å². The van der Waals surface area contributed by atoms with Crippen LogP contribution in [0, 0.1) is 5.92 Å². The highest BCUT2D eigenvalue weighted by Crippen LogP contribution is 2.27. The predicted octanol–water partition coefficient (Wildman–Crippen LogP) is 2.18. The third-order valence-corrected chi connectivity index (χ3v) is 2.89. The average molecular weight is 266 g/mol. The Bertz CT molecular complexity index is 275. The molecule has 1 amide bonds. The molecule has 0 aromatic heterocycles. The largest absolute Gasteiger partial charge is 0.405 e. The third kappa shape index (κ3) is 6.83. The molecular formula is C12H21F3N2O. The Kier molecular flexibility index (Phi) is 5.44. The lowest BCUT2D eigenvalue weighted by molar-refractivity contribution is -0.139. The molecule has 1 N–H and O–H groups in total. The number of amides is 1. The second-order valence-corrected chi connectivity index (χ2v) is 5.28. The zero-order valence-electron chi connectivity index (χ0n) is 10.9. The van der Waals surface area contributed by atoms with Crippen LogP contribution in [0.2, 0.25) is 0 Å². The van der Waals surface area contributed by atoms with Crippen molar-refractivity contribution < 1.29 is 18.0 Å². The fourth-order valence-corrected chi connectivity index (χ4v) is 1.69. The van der Waals surface area contributed by atoms with E-state index in [1.807, 2.05) is 10.2 Å². The first-order chi connectivity index (χ1) is 8.28. The van der Waals surface area contributed by atoms with Gasteiger partial charge in [-0.05, 0) is 31.7 Å². The van der Waals surface area contributed by atoms with Crippen LogP contribution < -0.4 is 5.32 Å². The van der Waals surface area contributed by atoms with Gasteiger partial charge in [-0.1, -0.05) is 13.8 Å². The molecule has 0 radical (unpaired) electrons. The van der Waals surface area contributed by atoms with Crippen LogP contribution in [0.4, 0.5) is 13.2 Å². The lowest BCUT2D eigenvalue weighted by Gasteiger charge is -2.22. The SMILES string of the molecule is CC(C)CCN(CC(=O)NCC(F)(F)F)C1CC1. The van der Waals surface area contributed by atoms with Crippen molar-refractivity contribution in [2.45, 2.75) is 45.3 Å². The first-order valence-electron chi connectivity index (χ1n) is 6.35. The number of alkyl halides is 3. The van der Waals surface area contributed by atoms with E-state index >= 15 is 0 Å². The maximum Gasteiger partial charge on any atom is 0.405 e. The second kappa shape index (κ2) is 6.41. The minimum absolute atomic E-state index is 0.0769. The van der Waals surface area contributed by atoms with E-state index in [-0.39, 0.29) is 6.54 Å². The van der Waals surface area contributed by atoms with Crippen molar-refractivity contribution in [3.05, 3.63) is 0 Å². The highest BCUT2D eigenvalue weighted by Gasteiger charge is 2.31. The van der Waals surface area contributed by atoms with Gasteiger partial charge in [-0.25, -0.2) is 0 Å². The van der Waals surface area contributed by atoms with E-state index in [1.54, 1.807) is 0 Å².